The Labute approximate surface area is 152 Å². The number of benzene rings is 2. The highest BCUT2D eigenvalue weighted by molar-refractivity contribution is 5.86. The van der Waals surface area contributed by atoms with E-state index in [1.807, 2.05) is 48.2 Å². The van der Waals surface area contributed by atoms with Crippen molar-refractivity contribution in [1.29, 1.82) is 0 Å². The van der Waals surface area contributed by atoms with E-state index < -0.39 is 0 Å². The Morgan fingerprint density at radius 1 is 1.12 bits per heavy atom. The van der Waals surface area contributed by atoms with Crippen molar-refractivity contribution in [1.82, 2.24) is 15.8 Å². The van der Waals surface area contributed by atoms with Crippen LogP contribution in [0.5, 0.6) is 11.5 Å². The van der Waals surface area contributed by atoms with Gasteiger partial charge in [-0.25, -0.2) is 10.9 Å². The van der Waals surface area contributed by atoms with Gasteiger partial charge in [-0.1, -0.05) is 30.3 Å². The molecule has 1 amide bonds. The van der Waals surface area contributed by atoms with Gasteiger partial charge >= 0.3 is 0 Å². The number of methoxy groups -OCH3 is 1. The van der Waals surface area contributed by atoms with Crippen molar-refractivity contribution in [2.75, 3.05) is 13.7 Å². The second-order valence-corrected chi connectivity index (χ2v) is 6.73. The molecular weight excluding hydrogens is 330 g/mol. The number of aromatic hydroxyl groups is 1. The maximum atomic E-state index is 12.9. The fourth-order valence-corrected chi connectivity index (χ4v) is 4.29. The molecule has 0 saturated carbocycles. The SMILES string of the molecule is CCN1C(=O)C2NNC(c3ccccc3O)C2C1c1cccc(OC)c1. The first-order valence-electron chi connectivity index (χ1n) is 8.89. The lowest BCUT2D eigenvalue weighted by Crippen LogP contribution is -2.41. The van der Waals surface area contributed by atoms with Crippen LogP contribution < -0.4 is 15.6 Å². The molecule has 4 rings (SSSR count). The largest absolute Gasteiger partial charge is 0.508 e. The lowest BCUT2D eigenvalue weighted by atomic mass is 9.83. The fourth-order valence-electron chi connectivity index (χ4n) is 4.29. The van der Waals surface area contributed by atoms with Crippen molar-refractivity contribution in [3.05, 3.63) is 59.7 Å². The molecule has 2 aromatic rings. The smallest absolute Gasteiger partial charge is 0.242 e. The first-order valence-corrected chi connectivity index (χ1v) is 8.89. The van der Waals surface area contributed by atoms with Crippen LogP contribution in [0.1, 0.15) is 30.1 Å². The molecular formula is C20H23N3O3. The zero-order valence-electron chi connectivity index (χ0n) is 14.8. The maximum Gasteiger partial charge on any atom is 0.242 e. The predicted molar refractivity (Wildman–Crippen MR) is 97.5 cm³/mol. The Hall–Kier alpha value is -2.57. The van der Waals surface area contributed by atoms with Crippen molar-refractivity contribution in [2.24, 2.45) is 5.92 Å². The molecule has 0 bridgehead atoms. The van der Waals surface area contributed by atoms with Gasteiger partial charge in [0.15, 0.2) is 0 Å². The van der Waals surface area contributed by atoms with Crippen molar-refractivity contribution in [3.63, 3.8) is 0 Å². The number of nitrogens with one attached hydrogen (secondary N) is 2. The summed E-state index contributed by atoms with van der Waals surface area (Å²) in [7, 11) is 1.64. The summed E-state index contributed by atoms with van der Waals surface area (Å²) >= 11 is 0. The molecule has 2 saturated heterocycles. The molecule has 2 aromatic carbocycles. The second kappa shape index (κ2) is 6.63. The minimum atomic E-state index is -0.323. The molecule has 2 heterocycles. The number of para-hydroxylation sites is 1. The number of hydrogen-bond acceptors (Lipinski definition) is 5. The number of carbonyl (C=O) groups is 1. The summed E-state index contributed by atoms with van der Waals surface area (Å²) in [6.45, 7) is 2.62. The Balaban J connectivity index is 1.79. The first kappa shape index (κ1) is 16.9. The van der Waals surface area contributed by atoms with Gasteiger partial charge in [0, 0.05) is 18.0 Å². The predicted octanol–water partition coefficient (Wildman–Crippen LogP) is 2.14. The van der Waals surface area contributed by atoms with Gasteiger partial charge in [0.05, 0.1) is 19.2 Å². The van der Waals surface area contributed by atoms with Crippen LogP contribution in [0.3, 0.4) is 0 Å². The topological polar surface area (TPSA) is 73.8 Å². The molecule has 2 aliphatic rings. The van der Waals surface area contributed by atoms with Gasteiger partial charge in [0.25, 0.3) is 0 Å². The molecule has 4 atom stereocenters. The molecule has 26 heavy (non-hydrogen) atoms. The Kier molecular flexibility index (Phi) is 4.30. The molecule has 6 nitrogen and oxygen atoms in total. The van der Waals surface area contributed by atoms with Crippen LogP contribution >= 0.6 is 0 Å². The maximum absolute atomic E-state index is 12.9. The summed E-state index contributed by atoms with van der Waals surface area (Å²) in [5.74, 6) is 1.05. The monoisotopic (exact) mass is 353 g/mol. The zero-order valence-corrected chi connectivity index (χ0v) is 14.8. The highest BCUT2D eigenvalue weighted by Crippen LogP contribution is 2.48. The highest BCUT2D eigenvalue weighted by atomic mass is 16.5. The van der Waals surface area contributed by atoms with E-state index in [0.29, 0.717) is 6.54 Å². The van der Waals surface area contributed by atoms with Crippen LogP contribution in [0.25, 0.3) is 0 Å². The zero-order chi connectivity index (χ0) is 18.3. The number of rotatable bonds is 4. The summed E-state index contributed by atoms with van der Waals surface area (Å²) < 4.78 is 5.38. The average molecular weight is 353 g/mol. The van der Waals surface area contributed by atoms with Crippen LogP contribution in [0, 0.1) is 5.92 Å². The third-order valence-corrected chi connectivity index (χ3v) is 5.46. The van der Waals surface area contributed by atoms with E-state index in [4.69, 9.17) is 4.74 Å². The number of amides is 1. The van der Waals surface area contributed by atoms with Crippen LogP contribution in [0.15, 0.2) is 48.5 Å². The minimum absolute atomic E-state index is 0.0390. The van der Waals surface area contributed by atoms with Gasteiger partial charge < -0.3 is 14.7 Å². The molecule has 4 unspecified atom stereocenters. The van der Waals surface area contributed by atoms with Gasteiger partial charge in [-0.15, -0.1) is 0 Å². The van der Waals surface area contributed by atoms with E-state index in [1.54, 1.807) is 19.2 Å². The molecule has 0 radical (unpaired) electrons. The summed E-state index contributed by atoms with van der Waals surface area (Å²) in [5.41, 5.74) is 8.22. The summed E-state index contributed by atoms with van der Waals surface area (Å²) in [5, 5.41) is 10.3. The van der Waals surface area contributed by atoms with Crippen molar-refractivity contribution in [2.45, 2.75) is 25.0 Å². The molecule has 2 fully saturated rings. The third kappa shape index (κ3) is 2.53. The number of ether oxygens (including phenoxy) is 1. The molecule has 3 N–H and O–H groups in total. The molecule has 0 aromatic heterocycles. The lowest BCUT2D eigenvalue weighted by Gasteiger charge is -2.30. The molecule has 136 valence electrons. The number of carbonyl (C=O) groups excluding carboxylic acids is 1. The quantitative estimate of drug-likeness (QED) is 0.785. The summed E-state index contributed by atoms with van der Waals surface area (Å²) in [6.07, 6.45) is 0. The van der Waals surface area contributed by atoms with Crippen LogP contribution in [0.4, 0.5) is 0 Å². The minimum Gasteiger partial charge on any atom is -0.508 e. The number of likely N-dealkylation sites (N-methyl/N-ethyl adjacent to an activating group) is 1. The number of hydrogen-bond donors (Lipinski definition) is 3. The van der Waals surface area contributed by atoms with Crippen molar-refractivity contribution in [3.8, 4) is 11.5 Å². The number of hydrazine groups is 1. The van der Waals surface area contributed by atoms with E-state index in [-0.39, 0.29) is 35.7 Å². The third-order valence-electron chi connectivity index (χ3n) is 5.46. The Bertz CT molecular complexity index is 825. The van der Waals surface area contributed by atoms with E-state index in [2.05, 4.69) is 10.9 Å². The van der Waals surface area contributed by atoms with Crippen LogP contribution in [-0.4, -0.2) is 35.6 Å². The summed E-state index contributed by atoms with van der Waals surface area (Å²) in [4.78, 5) is 14.9. The fraction of sp³-hybridized carbons (Fsp3) is 0.350. The molecule has 2 aliphatic heterocycles. The number of nitrogens with zero attached hydrogens (tertiary/aromatic N) is 1. The van der Waals surface area contributed by atoms with Crippen molar-refractivity contribution >= 4 is 5.91 Å². The van der Waals surface area contributed by atoms with E-state index in [0.717, 1.165) is 16.9 Å². The van der Waals surface area contributed by atoms with Gasteiger partial charge in [-0.05, 0) is 30.7 Å². The van der Waals surface area contributed by atoms with E-state index in [9.17, 15) is 9.90 Å². The number of likely N-dealkylation sites (tertiary alicyclic amines) is 1. The average Bonchev–Trinajstić information content (AvgIpc) is 3.21. The summed E-state index contributed by atoms with van der Waals surface area (Å²) in [6, 6.07) is 14.6. The van der Waals surface area contributed by atoms with Gasteiger partial charge in [0.1, 0.15) is 17.5 Å². The first-order chi connectivity index (χ1) is 12.7. The number of phenolic OH excluding ortho intramolecular Hbond substituents is 1. The van der Waals surface area contributed by atoms with E-state index >= 15 is 0 Å². The molecule has 0 spiro atoms. The standard InChI is InChI=1S/C20H23N3O3/c1-3-23-19(12-7-6-8-13(11-12)26-2)16-17(21-22-18(16)20(23)25)14-9-4-5-10-15(14)24/h4-11,16-19,21-22,24H,3H2,1-2H3. The normalized spacial score (nSPS) is 27.6. The number of phenols is 1. The second-order valence-electron chi connectivity index (χ2n) is 6.73. The Morgan fingerprint density at radius 3 is 2.62 bits per heavy atom. The highest BCUT2D eigenvalue weighted by Gasteiger charge is 2.55. The van der Waals surface area contributed by atoms with Crippen molar-refractivity contribution < 1.29 is 14.6 Å². The molecule has 6 heteroatoms. The van der Waals surface area contributed by atoms with Gasteiger partial charge in [-0.3, -0.25) is 4.79 Å². The van der Waals surface area contributed by atoms with Crippen LogP contribution in [-0.2, 0) is 4.79 Å². The van der Waals surface area contributed by atoms with Gasteiger partial charge in [0.2, 0.25) is 5.91 Å². The number of fused-ring (bicyclic) bond motifs is 1. The molecule has 0 aliphatic carbocycles. The van der Waals surface area contributed by atoms with Crippen LogP contribution in [0.2, 0.25) is 0 Å². The Morgan fingerprint density at radius 2 is 1.88 bits per heavy atom. The van der Waals surface area contributed by atoms with Gasteiger partial charge in [-0.2, -0.15) is 0 Å². The van der Waals surface area contributed by atoms with E-state index in [1.165, 1.54) is 0 Å². The lowest BCUT2D eigenvalue weighted by molar-refractivity contribution is -0.130.